The van der Waals surface area contributed by atoms with E-state index in [0.717, 1.165) is 0 Å². The van der Waals surface area contributed by atoms with Crippen molar-refractivity contribution < 1.29 is 23.5 Å². The number of nitrogens with zero attached hydrogens (tertiary/aromatic N) is 1. The van der Waals surface area contributed by atoms with Gasteiger partial charge in [-0.05, 0) is 43.3 Å². The van der Waals surface area contributed by atoms with Crippen LogP contribution in [0.1, 0.15) is 23.7 Å². The van der Waals surface area contributed by atoms with Gasteiger partial charge in [-0.3, -0.25) is 14.5 Å². The van der Waals surface area contributed by atoms with E-state index in [2.05, 4.69) is 0 Å². The van der Waals surface area contributed by atoms with Gasteiger partial charge in [0.25, 0.3) is 5.91 Å². The number of halogens is 1. The van der Waals surface area contributed by atoms with Gasteiger partial charge in [0.15, 0.2) is 0 Å². The van der Waals surface area contributed by atoms with Crippen LogP contribution in [0.2, 0.25) is 0 Å². The van der Waals surface area contributed by atoms with Gasteiger partial charge in [-0.25, -0.2) is 4.39 Å². The van der Waals surface area contributed by atoms with Crippen molar-refractivity contribution in [1.29, 1.82) is 0 Å². The van der Waals surface area contributed by atoms with E-state index in [0.29, 0.717) is 17.0 Å². The van der Waals surface area contributed by atoms with E-state index in [1.54, 1.807) is 25.1 Å². The zero-order valence-corrected chi connectivity index (χ0v) is 13.8. The van der Waals surface area contributed by atoms with E-state index in [9.17, 15) is 14.0 Å². The molecule has 6 heteroatoms. The second kappa shape index (κ2) is 7.34. The summed E-state index contributed by atoms with van der Waals surface area (Å²) in [5.74, 6) is -0.558. The minimum Gasteiger partial charge on any atom is -0.489 e. The maximum atomic E-state index is 13.2. The second-order valence-corrected chi connectivity index (χ2v) is 5.62. The summed E-state index contributed by atoms with van der Waals surface area (Å²) in [6.07, 6.45) is 0.0229. The van der Waals surface area contributed by atoms with Crippen molar-refractivity contribution >= 4 is 17.6 Å². The second-order valence-electron chi connectivity index (χ2n) is 5.62. The highest BCUT2D eigenvalue weighted by molar-refractivity contribution is 6.07. The Bertz CT molecular complexity index is 775. The number of hydrogen-bond donors (Lipinski definition) is 0. The number of carbonyl (C=O) groups is 2. The summed E-state index contributed by atoms with van der Waals surface area (Å²) >= 11 is 0. The zero-order chi connectivity index (χ0) is 17.8. The number of rotatable bonds is 4. The lowest BCUT2D eigenvalue weighted by Gasteiger charge is -2.36. The molecule has 1 aliphatic heterocycles. The minimum atomic E-state index is -0.494. The summed E-state index contributed by atoms with van der Waals surface area (Å²) in [6.45, 7) is 2.18. The number of para-hydroxylation sites is 2. The van der Waals surface area contributed by atoms with Crippen molar-refractivity contribution in [3.05, 3.63) is 59.9 Å². The van der Waals surface area contributed by atoms with Gasteiger partial charge in [0.1, 0.15) is 18.2 Å². The maximum absolute atomic E-state index is 13.2. The molecule has 0 spiro atoms. The first kappa shape index (κ1) is 17.0. The number of esters is 1. The Balaban J connectivity index is 1.95. The van der Waals surface area contributed by atoms with Crippen LogP contribution >= 0.6 is 0 Å². The third-order valence-corrected chi connectivity index (χ3v) is 3.94. The van der Waals surface area contributed by atoms with Crippen molar-refractivity contribution in [3.8, 4) is 5.75 Å². The topological polar surface area (TPSA) is 55.8 Å². The van der Waals surface area contributed by atoms with Crippen LogP contribution in [-0.4, -0.2) is 31.1 Å². The number of hydrogen-bond acceptors (Lipinski definition) is 4. The lowest BCUT2D eigenvalue weighted by Crippen LogP contribution is -2.48. The first-order valence-corrected chi connectivity index (χ1v) is 8.06. The molecule has 2 aromatic rings. The van der Waals surface area contributed by atoms with Crippen LogP contribution in [0.4, 0.5) is 10.1 Å². The van der Waals surface area contributed by atoms with Crippen LogP contribution in [0, 0.1) is 5.82 Å². The van der Waals surface area contributed by atoms with Crippen molar-refractivity contribution in [2.24, 2.45) is 0 Å². The molecule has 0 fully saturated rings. The van der Waals surface area contributed by atoms with Gasteiger partial charge < -0.3 is 9.47 Å². The highest BCUT2D eigenvalue weighted by Gasteiger charge is 2.34. The minimum absolute atomic E-state index is 0.0229. The lowest BCUT2D eigenvalue weighted by molar-refractivity contribution is -0.143. The van der Waals surface area contributed by atoms with Crippen molar-refractivity contribution in [1.82, 2.24) is 0 Å². The standard InChI is InChI=1S/C19H18FNO4/c1-2-24-18(22)11-15-12-25-17-6-4-3-5-16(17)21(15)19(23)13-7-9-14(20)10-8-13/h3-10,15H,2,11-12H2,1H3/t15-/m1/s1. The van der Waals surface area contributed by atoms with Gasteiger partial charge in [-0.15, -0.1) is 0 Å². The zero-order valence-electron chi connectivity index (χ0n) is 13.8. The molecule has 0 saturated carbocycles. The molecule has 0 unspecified atom stereocenters. The maximum Gasteiger partial charge on any atom is 0.308 e. The molecule has 25 heavy (non-hydrogen) atoms. The third kappa shape index (κ3) is 3.63. The molecular formula is C19H18FNO4. The Hall–Kier alpha value is -2.89. The predicted molar refractivity (Wildman–Crippen MR) is 90.2 cm³/mol. The molecule has 1 atom stereocenters. The van der Waals surface area contributed by atoms with E-state index in [1.807, 2.05) is 6.07 Å². The molecule has 3 rings (SSSR count). The largest absolute Gasteiger partial charge is 0.489 e. The fourth-order valence-corrected chi connectivity index (χ4v) is 2.80. The van der Waals surface area contributed by atoms with Crippen LogP contribution in [0.25, 0.3) is 0 Å². The first-order valence-electron chi connectivity index (χ1n) is 8.06. The summed E-state index contributed by atoms with van der Waals surface area (Å²) in [4.78, 5) is 26.5. The first-order chi connectivity index (χ1) is 12.1. The molecule has 2 aromatic carbocycles. The quantitative estimate of drug-likeness (QED) is 0.800. The van der Waals surface area contributed by atoms with Gasteiger partial charge in [0.05, 0.1) is 24.8 Å². The van der Waals surface area contributed by atoms with E-state index in [4.69, 9.17) is 9.47 Å². The van der Waals surface area contributed by atoms with Gasteiger partial charge in [-0.1, -0.05) is 12.1 Å². The van der Waals surface area contributed by atoms with Crippen molar-refractivity contribution in [2.45, 2.75) is 19.4 Å². The molecule has 0 saturated heterocycles. The summed E-state index contributed by atoms with van der Waals surface area (Å²) in [6, 6.07) is 12.0. The highest BCUT2D eigenvalue weighted by atomic mass is 19.1. The van der Waals surface area contributed by atoms with Crippen LogP contribution in [-0.2, 0) is 9.53 Å². The molecule has 0 aromatic heterocycles. The molecule has 130 valence electrons. The summed E-state index contributed by atoms with van der Waals surface area (Å²) < 4.78 is 23.8. The smallest absolute Gasteiger partial charge is 0.308 e. The predicted octanol–water partition coefficient (Wildman–Crippen LogP) is 3.19. The van der Waals surface area contributed by atoms with Crippen LogP contribution < -0.4 is 9.64 Å². The normalized spacial score (nSPS) is 15.9. The van der Waals surface area contributed by atoms with E-state index >= 15 is 0 Å². The van der Waals surface area contributed by atoms with Crippen LogP contribution in [0.15, 0.2) is 48.5 Å². The lowest BCUT2D eigenvalue weighted by atomic mass is 10.1. The number of amides is 1. The van der Waals surface area contributed by atoms with E-state index < -0.39 is 17.8 Å². The molecule has 1 heterocycles. The number of anilines is 1. The van der Waals surface area contributed by atoms with Gasteiger partial charge in [0.2, 0.25) is 0 Å². The Labute approximate surface area is 145 Å². The Morgan fingerprint density at radius 3 is 2.64 bits per heavy atom. The molecule has 1 aliphatic rings. The molecule has 1 amide bonds. The van der Waals surface area contributed by atoms with Crippen LogP contribution in [0.5, 0.6) is 5.75 Å². The molecular weight excluding hydrogens is 325 g/mol. The SMILES string of the molecule is CCOC(=O)C[C@@H]1COc2ccccc2N1C(=O)c1ccc(F)cc1. The molecule has 0 bridgehead atoms. The Kier molecular flexibility index (Phi) is 4.97. The molecule has 0 radical (unpaired) electrons. The highest BCUT2D eigenvalue weighted by Crippen LogP contribution is 2.35. The van der Waals surface area contributed by atoms with Crippen molar-refractivity contribution in [3.63, 3.8) is 0 Å². The van der Waals surface area contributed by atoms with Gasteiger partial charge >= 0.3 is 5.97 Å². The molecule has 0 aliphatic carbocycles. The fourth-order valence-electron chi connectivity index (χ4n) is 2.80. The monoisotopic (exact) mass is 343 g/mol. The van der Waals surface area contributed by atoms with E-state index in [-0.39, 0.29) is 25.5 Å². The third-order valence-electron chi connectivity index (χ3n) is 3.94. The van der Waals surface area contributed by atoms with E-state index in [1.165, 1.54) is 29.2 Å². The van der Waals surface area contributed by atoms with Gasteiger partial charge in [0, 0.05) is 5.56 Å². The number of carbonyl (C=O) groups excluding carboxylic acids is 2. The van der Waals surface area contributed by atoms with Gasteiger partial charge in [-0.2, -0.15) is 0 Å². The molecule has 5 nitrogen and oxygen atoms in total. The summed E-state index contributed by atoms with van der Waals surface area (Å²) in [5, 5.41) is 0. The van der Waals surface area contributed by atoms with Crippen molar-refractivity contribution in [2.75, 3.05) is 18.1 Å². The number of ether oxygens (including phenoxy) is 2. The summed E-state index contributed by atoms with van der Waals surface area (Å²) in [7, 11) is 0. The summed E-state index contributed by atoms with van der Waals surface area (Å²) in [5.41, 5.74) is 0.921. The Morgan fingerprint density at radius 1 is 1.20 bits per heavy atom. The Morgan fingerprint density at radius 2 is 1.92 bits per heavy atom. The molecule has 0 N–H and O–H groups in total. The average molecular weight is 343 g/mol. The number of fused-ring (bicyclic) bond motifs is 1. The van der Waals surface area contributed by atoms with Crippen LogP contribution in [0.3, 0.4) is 0 Å². The fraction of sp³-hybridized carbons (Fsp3) is 0.263. The number of benzene rings is 2. The average Bonchev–Trinajstić information content (AvgIpc) is 2.62.